The van der Waals surface area contributed by atoms with Crippen LogP contribution in [-0.4, -0.2) is 27.7 Å². The first kappa shape index (κ1) is 15.8. The highest BCUT2D eigenvalue weighted by Crippen LogP contribution is 2.51. The molecule has 128 valence electrons. The first-order valence-corrected chi connectivity index (χ1v) is 8.64. The van der Waals surface area contributed by atoms with Crippen LogP contribution in [0.15, 0.2) is 29.4 Å². The van der Waals surface area contributed by atoms with Crippen LogP contribution < -0.4 is 5.01 Å². The molecule has 2 aliphatic rings. The average molecular weight is 355 g/mol. The van der Waals surface area contributed by atoms with E-state index in [0.717, 1.165) is 22.5 Å². The van der Waals surface area contributed by atoms with Crippen molar-refractivity contribution < 1.29 is 18.3 Å². The normalized spacial score (nSPS) is 30.5. The summed E-state index contributed by atoms with van der Waals surface area (Å²) >= 11 is 1.11. The van der Waals surface area contributed by atoms with Gasteiger partial charge in [0.2, 0.25) is 5.13 Å². The minimum Gasteiger partial charge on any atom is -0.362 e. The van der Waals surface area contributed by atoms with Gasteiger partial charge in [-0.3, -0.25) is 0 Å². The number of alkyl halides is 3. The van der Waals surface area contributed by atoms with Gasteiger partial charge in [0.1, 0.15) is 0 Å². The first-order chi connectivity index (χ1) is 11.3. The van der Waals surface area contributed by atoms with Crippen molar-refractivity contribution in [3.63, 3.8) is 0 Å². The first-order valence-electron chi connectivity index (χ1n) is 7.83. The van der Waals surface area contributed by atoms with Crippen LogP contribution in [0.4, 0.5) is 18.3 Å². The monoisotopic (exact) mass is 355 g/mol. The van der Waals surface area contributed by atoms with Crippen molar-refractivity contribution in [3.05, 3.63) is 24.3 Å². The lowest BCUT2D eigenvalue weighted by atomic mass is 9.76. The third-order valence-electron chi connectivity index (χ3n) is 4.85. The van der Waals surface area contributed by atoms with E-state index in [0.29, 0.717) is 22.7 Å². The van der Waals surface area contributed by atoms with Crippen LogP contribution in [0.1, 0.15) is 26.2 Å². The Hall–Kier alpha value is -1.67. The molecule has 1 aromatic carbocycles. The molecule has 4 rings (SSSR count). The Morgan fingerprint density at radius 1 is 1.33 bits per heavy atom. The summed E-state index contributed by atoms with van der Waals surface area (Å²) in [5.41, 5.74) is -2.00. The fraction of sp³-hybridized carbons (Fsp3) is 0.500. The largest absolute Gasteiger partial charge is 0.439 e. The maximum Gasteiger partial charge on any atom is 0.439 e. The number of benzene rings is 1. The smallest absolute Gasteiger partial charge is 0.362 e. The Balaban J connectivity index is 1.84. The highest BCUT2D eigenvalue weighted by atomic mass is 32.1. The van der Waals surface area contributed by atoms with Gasteiger partial charge in [-0.1, -0.05) is 30.4 Å². The summed E-state index contributed by atoms with van der Waals surface area (Å²) in [5.74, 6) is -0.911. The number of fused-ring (bicyclic) bond motifs is 2. The van der Waals surface area contributed by atoms with Crippen LogP contribution in [-0.2, 0) is 0 Å². The third-order valence-corrected chi connectivity index (χ3v) is 5.86. The second-order valence-corrected chi connectivity index (χ2v) is 7.53. The molecule has 2 heterocycles. The lowest BCUT2D eigenvalue weighted by molar-refractivity contribution is -0.269. The van der Waals surface area contributed by atoms with Gasteiger partial charge in [0.05, 0.1) is 16.1 Å². The molecule has 1 aliphatic heterocycles. The predicted octanol–water partition coefficient (Wildman–Crippen LogP) is 4.16. The fourth-order valence-corrected chi connectivity index (χ4v) is 4.52. The van der Waals surface area contributed by atoms with Crippen LogP contribution in [0.5, 0.6) is 0 Å². The molecule has 3 atom stereocenters. The Labute approximate surface area is 140 Å². The van der Waals surface area contributed by atoms with Crippen LogP contribution in [0.25, 0.3) is 10.2 Å². The number of hydrogen-bond donors (Lipinski definition) is 1. The van der Waals surface area contributed by atoms with Gasteiger partial charge in [-0.05, 0) is 37.3 Å². The number of thiazole rings is 1. The molecule has 8 heteroatoms. The minimum atomic E-state index is -4.82. The van der Waals surface area contributed by atoms with Crippen molar-refractivity contribution in [2.45, 2.75) is 38.1 Å². The SMILES string of the molecule is CC1CCC2=NN(c3nc4ccccc4s3)C(O)(C(F)(F)F)C2C1. The lowest BCUT2D eigenvalue weighted by Gasteiger charge is -2.39. The molecule has 24 heavy (non-hydrogen) atoms. The van der Waals surface area contributed by atoms with Gasteiger partial charge in [0.15, 0.2) is 0 Å². The molecule has 1 aromatic heterocycles. The van der Waals surface area contributed by atoms with E-state index in [9.17, 15) is 18.3 Å². The number of aliphatic hydroxyl groups is 1. The summed E-state index contributed by atoms with van der Waals surface area (Å²) in [6.07, 6.45) is -3.28. The van der Waals surface area contributed by atoms with Crippen molar-refractivity contribution >= 4 is 32.4 Å². The van der Waals surface area contributed by atoms with Crippen molar-refractivity contribution in [1.29, 1.82) is 0 Å². The molecular formula is C16H16F3N3OS. The number of halogens is 3. The minimum absolute atomic E-state index is 0.0746. The third kappa shape index (κ3) is 2.16. The fourth-order valence-electron chi connectivity index (χ4n) is 3.55. The van der Waals surface area contributed by atoms with E-state index in [1.54, 1.807) is 24.3 Å². The van der Waals surface area contributed by atoms with Crippen LogP contribution in [0, 0.1) is 11.8 Å². The van der Waals surface area contributed by atoms with Gasteiger partial charge in [0.25, 0.3) is 5.72 Å². The number of anilines is 1. The van der Waals surface area contributed by atoms with Crippen molar-refractivity contribution in [3.8, 4) is 0 Å². The van der Waals surface area contributed by atoms with E-state index in [4.69, 9.17) is 0 Å². The van der Waals surface area contributed by atoms with Gasteiger partial charge in [-0.25, -0.2) is 4.98 Å². The zero-order valence-electron chi connectivity index (χ0n) is 12.9. The van der Waals surface area contributed by atoms with Gasteiger partial charge in [-0.15, -0.1) is 0 Å². The molecule has 1 saturated carbocycles. The molecule has 4 nitrogen and oxygen atoms in total. The Kier molecular flexibility index (Phi) is 3.41. The Morgan fingerprint density at radius 3 is 2.79 bits per heavy atom. The molecule has 1 fully saturated rings. The number of hydrazone groups is 1. The summed E-state index contributed by atoms with van der Waals surface area (Å²) < 4.78 is 42.3. The Bertz CT molecular complexity index is 785. The van der Waals surface area contributed by atoms with Gasteiger partial charge in [0, 0.05) is 5.71 Å². The molecule has 0 bridgehead atoms. The quantitative estimate of drug-likeness (QED) is 0.836. The number of aromatic nitrogens is 1. The summed E-state index contributed by atoms with van der Waals surface area (Å²) in [5, 5.41) is 15.7. The van der Waals surface area contributed by atoms with E-state index in [-0.39, 0.29) is 17.5 Å². The molecule has 2 aromatic rings. The van der Waals surface area contributed by atoms with Gasteiger partial charge in [-0.2, -0.15) is 23.3 Å². The molecule has 0 spiro atoms. The maximum atomic E-state index is 13.8. The molecule has 3 unspecified atom stereocenters. The topological polar surface area (TPSA) is 48.7 Å². The van der Waals surface area contributed by atoms with Gasteiger partial charge < -0.3 is 5.11 Å². The van der Waals surface area contributed by atoms with Gasteiger partial charge >= 0.3 is 6.18 Å². The maximum absolute atomic E-state index is 13.8. The molecule has 0 saturated heterocycles. The lowest BCUT2D eigenvalue weighted by Crippen LogP contribution is -2.60. The van der Waals surface area contributed by atoms with Crippen LogP contribution >= 0.6 is 11.3 Å². The second-order valence-electron chi connectivity index (χ2n) is 6.52. The van der Waals surface area contributed by atoms with E-state index < -0.39 is 17.8 Å². The number of para-hydroxylation sites is 1. The highest BCUT2D eigenvalue weighted by molar-refractivity contribution is 7.22. The Morgan fingerprint density at radius 2 is 2.08 bits per heavy atom. The summed E-state index contributed by atoms with van der Waals surface area (Å²) in [6, 6.07) is 7.11. The predicted molar refractivity (Wildman–Crippen MR) is 87.0 cm³/mol. The zero-order valence-corrected chi connectivity index (χ0v) is 13.7. The molecule has 0 radical (unpaired) electrons. The van der Waals surface area contributed by atoms with E-state index >= 15 is 0 Å². The second kappa shape index (κ2) is 5.16. The summed E-state index contributed by atoms with van der Waals surface area (Å²) in [4.78, 5) is 4.26. The van der Waals surface area contributed by atoms with Crippen LogP contribution in [0.2, 0.25) is 0 Å². The standard InChI is InChI=1S/C16H16F3N3OS/c1-9-6-7-11-10(8-9)15(23,16(17,18)19)22(21-11)14-20-12-4-2-3-5-13(12)24-14/h2-5,9-10,23H,6-8H2,1H3. The van der Waals surface area contributed by atoms with Crippen molar-refractivity contribution in [2.75, 3.05) is 5.01 Å². The molecule has 1 aliphatic carbocycles. The molecule has 0 amide bonds. The van der Waals surface area contributed by atoms with E-state index in [1.165, 1.54) is 0 Å². The highest BCUT2D eigenvalue weighted by Gasteiger charge is 2.68. The van der Waals surface area contributed by atoms with Crippen LogP contribution in [0.3, 0.4) is 0 Å². The number of rotatable bonds is 1. The number of hydrogen-bond acceptors (Lipinski definition) is 5. The average Bonchev–Trinajstić information content (AvgIpc) is 3.07. The zero-order chi connectivity index (χ0) is 17.1. The van der Waals surface area contributed by atoms with Crippen molar-refractivity contribution in [2.24, 2.45) is 16.9 Å². The summed E-state index contributed by atoms with van der Waals surface area (Å²) in [7, 11) is 0. The van der Waals surface area contributed by atoms with E-state index in [2.05, 4.69) is 10.1 Å². The van der Waals surface area contributed by atoms with Crippen molar-refractivity contribution in [1.82, 2.24) is 4.98 Å². The number of nitrogens with zero attached hydrogens (tertiary/aromatic N) is 3. The summed E-state index contributed by atoms with van der Waals surface area (Å²) in [6.45, 7) is 1.91. The molecular weight excluding hydrogens is 339 g/mol. The van der Waals surface area contributed by atoms with E-state index in [1.807, 2.05) is 6.92 Å². The molecule has 1 N–H and O–H groups in total.